The fourth-order valence-corrected chi connectivity index (χ4v) is 4.29. The van der Waals surface area contributed by atoms with Gasteiger partial charge in [0.25, 0.3) is 0 Å². The van der Waals surface area contributed by atoms with Crippen LogP contribution in [0.1, 0.15) is 33.1 Å². The van der Waals surface area contributed by atoms with Gasteiger partial charge in [-0.1, -0.05) is 13.8 Å². The van der Waals surface area contributed by atoms with Crippen LogP contribution in [0.15, 0.2) is 24.5 Å². The number of aromatic nitrogens is 1. The van der Waals surface area contributed by atoms with E-state index in [4.69, 9.17) is 0 Å². The summed E-state index contributed by atoms with van der Waals surface area (Å²) in [4.78, 5) is 33.9. The monoisotopic (exact) mass is 344 g/mol. The van der Waals surface area contributed by atoms with Crippen LogP contribution in [0.25, 0.3) is 0 Å². The molecule has 6 nitrogen and oxygen atoms in total. The van der Waals surface area contributed by atoms with E-state index in [9.17, 15) is 9.59 Å². The molecule has 2 fully saturated rings. The minimum atomic E-state index is -0.434. The summed E-state index contributed by atoms with van der Waals surface area (Å²) < 4.78 is 0. The molecule has 136 valence electrons. The smallest absolute Gasteiger partial charge is 0.232 e. The van der Waals surface area contributed by atoms with Crippen molar-refractivity contribution in [1.29, 1.82) is 0 Å². The van der Waals surface area contributed by atoms with Gasteiger partial charge >= 0.3 is 0 Å². The minimum absolute atomic E-state index is 0.00385. The largest absolute Gasteiger partial charge is 0.342 e. The average molecular weight is 344 g/mol. The van der Waals surface area contributed by atoms with Gasteiger partial charge in [-0.25, -0.2) is 0 Å². The van der Waals surface area contributed by atoms with E-state index in [0.29, 0.717) is 13.0 Å². The van der Waals surface area contributed by atoms with Crippen molar-refractivity contribution < 1.29 is 9.59 Å². The molecule has 0 saturated carbocycles. The zero-order valence-electron chi connectivity index (χ0n) is 15.4. The standard InChI is InChI=1S/C19H28N4O2/c1-14(2)17(24)23-10-6-16-19(8-12-23,7-11-22(16)3)18(25)21-15-5-4-9-20-13-15/h4-5,9,13-14,16H,6-8,10-12H2,1-3H3,(H,21,25)/t16-,19-/m0/s1. The van der Waals surface area contributed by atoms with Crippen molar-refractivity contribution in [2.45, 2.75) is 39.2 Å². The highest BCUT2D eigenvalue weighted by Gasteiger charge is 2.52. The lowest BCUT2D eigenvalue weighted by atomic mass is 9.75. The molecular formula is C19H28N4O2. The van der Waals surface area contributed by atoms with Gasteiger partial charge in [0.2, 0.25) is 11.8 Å². The second-order valence-corrected chi connectivity index (χ2v) is 7.62. The molecule has 3 heterocycles. The number of pyridine rings is 1. The van der Waals surface area contributed by atoms with E-state index in [2.05, 4.69) is 22.2 Å². The van der Waals surface area contributed by atoms with Crippen LogP contribution < -0.4 is 5.32 Å². The highest BCUT2D eigenvalue weighted by Crippen LogP contribution is 2.44. The van der Waals surface area contributed by atoms with Crippen LogP contribution in [0, 0.1) is 11.3 Å². The van der Waals surface area contributed by atoms with Crippen molar-refractivity contribution in [2.24, 2.45) is 11.3 Å². The highest BCUT2D eigenvalue weighted by molar-refractivity contribution is 5.96. The van der Waals surface area contributed by atoms with Gasteiger partial charge < -0.3 is 15.1 Å². The molecule has 0 aliphatic carbocycles. The van der Waals surface area contributed by atoms with Crippen molar-refractivity contribution in [2.75, 3.05) is 32.0 Å². The third kappa shape index (κ3) is 3.40. The quantitative estimate of drug-likeness (QED) is 0.911. The molecule has 1 aromatic rings. The normalized spacial score (nSPS) is 27.0. The number of nitrogens with zero attached hydrogens (tertiary/aromatic N) is 3. The first-order chi connectivity index (χ1) is 11.9. The van der Waals surface area contributed by atoms with E-state index in [0.717, 1.165) is 31.6 Å². The number of hydrogen-bond acceptors (Lipinski definition) is 4. The predicted octanol–water partition coefficient (Wildman–Crippen LogP) is 1.99. The van der Waals surface area contributed by atoms with Crippen molar-refractivity contribution >= 4 is 17.5 Å². The summed E-state index contributed by atoms with van der Waals surface area (Å²) in [6, 6.07) is 3.86. The van der Waals surface area contributed by atoms with Gasteiger partial charge in [-0.05, 0) is 45.0 Å². The molecule has 0 spiro atoms. The lowest BCUT2D eigenvalue weighted by molar-refractivity contribution is -0.135. The third-order valence-corrected chi connectivity index (χ3v) is 5.76. The van der Waals surface area contributed by atoms with Crippen LogP contribution in [-0.4, -0.2) is 59.3 Å². The number of carbonyl (C=O) groups is 2. The molecule has 2 atom stereocenters. The summed E-state index contributed by atoms with van der Waals surface area (Å²) in [6.07, 6.45) is 5.76. The Bertz CT molecular complexity index is 634. The van der Waals surface area contributed by atoms with Gasteiger partial charge in [-0.3, -0.25) is 14.6 Å². The van der Waals surface area contributed by atoms with Crippen LogP contribution in [0.3, 0.4) is 0 Å². The van der Waals surface area contributed by atoms with E-state index in [-0.39, 0.29) is 23.8 Å². The molecule has 0 unspecified atom stereocenters. The molecule has 2 aliphatic heterocycles. The second kappa shape index (κ2) is 7.12. The molecule has 1 aromatic heterocycles. The molecule has 2 amide bonds. The van der Waals surface area contributed by atoms with E-state index in [1.54, 1.807) is 12.4 Å². The van der Waals surface area contributed by atoms with E-state index < -0.39 is 5.41 Å². The van der Waals surface area contributed by atoms with Crippen LogP contribution in [0.2, 0.25) is 0 Å². The molecule has 0 radical (unpaired) electrons. The lowest BCUT2D eigenvalue weighted by Gasteiger charge is -2.34. The first-order valence-corrected chi connectivity index (χ1v) is 9.14. The Kier molecular flexibility index (Phi) is 5.08. The number of fused-ring (bicyclic) bond motifs is 1. The van der Waals surface area contributed by atoms with Gasteiger partial charge in [0.05, 0.1) is 17.3 Å². The predicted molar refractivity (Wildman–Crippen MR) is 97.0 cm³/mol. The fraction of sp³-hybridized carbons (Fsp3) is 0.632. The molecule has 0 aromatic carbocycles. The average Bonchev–Trinajstić information content (AvgIpc) is 2.80. The molecule has 6 heteroatoms. The molecule has 1 N–H and O–H groups in total. The van der Waals surface area contributed by atoms with Crippen molar-refractivity contribution in [1.82, 2.24) is 14.8 Å². The summed E-state index contributed by atoms with van der Waals surface area (Å²) in [5, 5.41) is 3.06. The van der Waals surface area contributed by atoms with Gasteiger partial charge in [0.15, 0.2) is 0 Å². The number of amides is 2. The molecule has 25 heavy (non-hydrogen) atoms. The molecule has 0 bridgehead atoms. The zero-order chi connectivity index (χ0) is 18.0. The number of rotatable bonds is 3. The van der Waals surface area contributed by atoms with Crippen LogP contribution in [0.4, 0.5) is 5.69 Å². The van der Waals surface area contributed by atoms with Gasteiger partial charge in [0, 0.05) is 31.2 Å². The Morgan fingerprint density at radius 2 is 2.04 bits per heavy atom. The highest BCUT2D eigenvalue weighted by atomic mass is 16.2. The number of carbonyl (C=O) groups excluding carboxylic acids is 2. The summed E-state index contributed by atoms with van der Waals surface area (Å²) in [5.74, 6) is 0.245. The number of nitrogens with one attached hydrogen (secondary N) is 1. The summed E-state index contributed by atoms with van der Waals surface area (Å²) in [7, 11) is 2.09. The van der Waals surface area contributed by atoms with Crippen LogP contribution >= 0.6 is 0 Å². The Balaban J connectivity index is 1.81. The maximum Gasteiger partial charge on any atom is 0.232 e. The number of anilines is 1. The topological polar surface area (TPSA) is 65.5 Å². The number of hydrogen-bond donors (Lipinski definition) is 1. The maximum atomic E-state index is 13.2. The summed E-state index contributed by atoms with van der Waals surface area (Å²) in [6.45, 7) is 6.18. The SMILES string of the molecule is CC(C)C(=O)N1CC[C@@H]2N(C)CC[C@]2(C(=O)Nc2cccnc2)CC1. The molecule has 2 aliphatic rings. The van der Waals surface area contributed by atoms with Crippen molar-refractivity contribution in [3.63, 3.8) is 0 Å². The van der Waals surface area contributed by atoms with E-state index >= 15 is 0 Å². The zero-order valence-corrected chi connectivity index (χ0v) is 15.4. The van der Waals surface area contributed by atoms with Gasteiger partial charge in [-0.15, -0.1) is 0 Å². The third-order valence-electron chi connectivity index (χ3n) is 5.76. The second-order valence-electron chi connectivity index (χ2n) is 7.62. The Hall–Kier alpha value is -1.95. The molecule has 2 saturated heterocycles. The van der Waals surface area contributed by atoms with Crippen molar-refractivity contribution in [3.8, 4) is 0 Å². The van der Waals surface area contributed by atoms with Crippen LogP contribution in [0.5, 0.6) is 0 Å². The summed E-state index contributed by atoms with van der Waals surface area (Å²) in [5.41, 5.74) is 0.297. The molecular weight excluding hydrogens is 316 g/mol. The lowest BCUT2D eigenvalue weighted by Crippen LogP contribution is -2.46. The van der Waals surface area contributed by atoms with Crippen molar-refractivity contribution in [3.05, 3.63) is 24.5 Å². The first kappa shape index (κ1) is 17.9. The van der Waals surface area contributed by atoms with Gasteiger partial charge in [-0.2, -0.15) is 0 Å². The van der Waals surface area contributed by atoms with Gasteiger partial charge in [0.1, 0.15) is 0 Å². The number of likely N-dealkylation sites (tertiary alicyclic amines) is 2. The Morgan fingerprint density at radius 1 is 1.28 bits per heavy atom. The summed E-state index contributed by atoms with van der Waals surface area (Å²) >= 11 is 0. The molecule has 3 rings (SSSR count). The van der Waals surface area contributed by atoms with Crippen LogP contribution in [-0.2, 0) is 9.59 Å². The Labute approximate surface area is 149 Å². The first-order valence-electron chi connectivity index (χ1n) is 9.14. The Morgan fingerprint density at radius 3 is 2.72 bits per heavy atom. The van der Waals surface area contributed by atoms with E-state index in [1.165, 1.54) is 0 Å². The fourth-order valence-electron chi connectivity index (χ4n) is 4.29. The van der Waals surface area contributed by atoms with E-state index in [1.807, 2.05) is 30.9 Å². The minimum Gasteiger partial charge on any atom is -0.342 e. The maximum absolute atomic E-state index is 13.2.